The molecule has 0 aliphatic rings. The molecule has 0 fully saturated rings. The van der Waals surface area contributed by atoms with Gasteiger partial charge in [-0.3, -0.25) is 14.9 Å². The lowest BCUT2D eigenvalue weighted by atomic mass is 10.1. The minimum absolute atomic E-state index is 0.0422. The maximum atomic E-state index is 13.5. The first-order valence-corrected chi connectivity index (χ1v) is 13.3. The number of aromatic amines is 1. The minimum Gasteiger partial charge on any atom is -0.337 e. The summed E-state index contributed by atoms with van der Waals surface area (Å²) >= 11 is 0. The average molecular weight is 528 g/mol. The number of aryl methyl sites for hydroxylation is 1. The van der Waals surface area contributed by atoms with E-state index in [1.807, 2.05) is 60.7 Å². The number of rotatable bonds is 7. The molecule has 0 spiro atoms. The first-order chi connectivity index (χ1) is 18.2. The molecule has 2 heterocycles. The number of H-pyrrole nitrogens is 1. The Morgan fingerprint density at radius 1 is 0.947 bits per heavy atom. The number of nitrogens with zero attached hydrogens (tertiary/aromatic N) is 3. The maximum absolute atomic E-state index is 13.5. The number of aliphatic imine (C=N–C) groups is 1. The molecule has 0 atom stereocenters. The van der Waals surface area contributed by atoms with Crippen LogP contribution in [-0.4, -0.2) is 29.1 Å². The molecule has 5 rings (SSSR count). The van der Waals surface area contributed by atoms with Crippen LogP contribution in [0.5, 0.6) is 0 Å². The van der Waals surface area contributed by atoms with E-state index >= 15 is 0 Å². The second-order valence-electron chi connectivity index (χ2n) is 8.72. The van der Waals surface area contributed by atoms with Crippen molar-refractivity contribution in [2.24, 2.45) is 4.99 Å². The third kappa shape index (κ3) is 4.81. The summed E-state index contributed by atoms with van der Waals surface area (Å²) in [5.41, 5.74) is 4.58. The number of sulfonamides is 1. The Hall–Kier alpha value is -4.70. The molecule has 2 aromatic heterocycles. The van der Waals surface area contributed by atoms with E-state index in [9.17, 15) is 13.2 Å². The fraction of sp³-hybridized carbons (Fsp3) is 0.107. The summed E-state index contributed by atoms with van der Waals surface area (Å²) in [6, 6.07) is 24.9. The van der Waals surface area contributed by atoms with E-state index in [2.05, 4.69) is 20.0 Å². The van der Waals surface area contributed by atoms with Gasteiger partial charge in [-0.05, 0) is 57.2 Å². The van der Waals surface area contributed by atoms with Crippen molar-refractivity contribution in [2.75, 3.05) is 4.72 Å². The number of benzene rings is 3. The summed E-state index contributed by atoms with van der Waals surface area (Å²) < 4.78 is 34.6. The van der Waals surface area contributed by atoms with Crippen molar-refractivity contribution in [3.63, 3.8) is 0 Å². The van der Waals surface area contributed by atoms with Crippen LogP contribution >= 0.6 is 0 Å². The van der Waals surface area contributed by atoms with Crippen molar-refractivity contribution >= 4 is 27.3 Å². The molecule has 3 aromatic carbocycles. The van der Waals surface area contributed by atoms with Gasteiger partial charge in [0.15, 0.2) is 0 Å². The lowest BCUT2D eigenvalue weighted by Crippen LogP contribution is -2.19. The molecule has 0 saturated carbocycles. The van der Waals surface area contributed by atoms with Gasteiger partial charge in [0, 0.05) is 11.1 Å². The van der Waals surface area contributed by atoms with Crippen LogP contribution < -0.4 is 10.3 Å². The maximum Gasteiger partial charge on any atom is 0.280 e. The zero-order chi connectivity index (χ0) is 26.9. The van der Waals surface area contributed by atoms with Gasteiger partial charge < -0.3 is 4.52 Å². The van der Waals surface area contributed by atoms with Crippen LogP contribution in [0.15, 0.2) is 104 Å². The summed E-state index contributed by atoms with van der Waals surface area (Å²) in [6.45, 7) is 5.21. The van der Waals surface area contributed by atoms with Gasteiger partial charge in [0.25, 0.3) is 15.6 Å². The van der Waals surface area contributed by atoms with E-state index < -0.39 is 10.0 Å². The van der Waals surface area contributed by atoms with Gasteiger partial charge in [-0.2, -0.15) is 0 Å². The Balaban J connectivity index is 1.50. The molecule has 0 aliphatic carbocycles. The van der Waals surface area contributed by atoms with Crippen molar-refractivity contribution in [1.29, 1.82) is 0 Å². The molecule has 2 N–H and O–H groups in total. The van der Waals surface area contributed by atoms with Gasteiger partial charge in [-0.15, -0.1) is 0 Å². The average Bonchev–Trinajstić information content (AvgIpc) is 3.44. The number of anilines is 1. The molecular weight excluding hydrogens is 502 g/mol. The predicted molar refractivity (Wildman–Crippen MR) is 147 cm³/mol. The van der Waals surface area contributed by atoms with Crippen molar-refractivity contribution in [1.82, 2.24) is 14.9 Å². The highest BCUT2D eigenvalue weighted by molar-refractivity contribution is 7.92. The van der Waals surface area contributed by atoms with Gasteiger partial charge in [0.05, 0.1) is 38.9 Å². The fourth-order valence-electron chi connectivity index (χ4n) is 3.99. The molecular formula is C28H25N5O4S. The highest BCUT2D eigenvalue weighted by Crippen LogP contribution is 2.25. The summed E-state index contributed by atoms with van der Waals surface area (Å²) in [5.74, 6) is 0.0797. The lowest BCUT2D eigenvalue weighted by Gasteiger charge is -2.06. The SMILES string of the molecule is CC(=Nc1ccc(S(=O)(=O)Nc2onc(C)c2C)cc1)c1c(-c2ccccc2)[nH]n(-c2ccccc2)c1=O. The number of hydrogen-bond acceptors (Lipinski definition) is 6. The molecule has 0 unspecified atom stereocenters. The Morgan fingerprint density at radius 3 is 2.18 bits per heavy atom. The minimum atomic E-state index is -3.89. The highest BCUT2D eigenvalue weighted by atomic mass is 32.2. The Morgan fingerprint density at radius 2 is 1.58 bits per heavy atom. The standard InChI is InChI=1S/C28H25N5O4S/c1-18-19(2)31-37-27(18)32-38(35,36)24-16-14-22(15-17-24)29-20(3)25-26(21-10-6-4-7-11-21)30-33(28(25)34)23-12-8-5-9-13-23/h4-17,30,32H,1-3H3. The van der Waals surface area contributed by atoms with Gasteiger partial charge in [0.2, 0.25) is 5.88 Å². The third-order valence-electron chi connectivity index (χ3n) is 6.16. The predicted octanol–water partition coefficient (Wildman–Crippen LogP) is 5.38. The smallest absolute Gasteiger partial charge is 0.280 e. The second-order valence-corrected chi connectivity index (χ2v) is 10.4. The Kier molecular flexibility index (Phi) is 6.56. The van der Waals surface area contributed by atoms with E-state index in [-0.39, 0.29) is 16.3 Å². The number of nitrogens with one attached hydrogen (secondary N) is 2. The molecule has 0 saturated heterocycles. The second kappa shape index (κ2) is 9.98. The van der Waals surface area contributed by atoms with E-state index in [4.69, 9.17) is 4.52 Å². The van der Waals surface area contributed by atoms with Crippen molar-refractivity contribution in [3.8, 4) is 16.9 Å². The van der Waals surface area contributed by atoms with Gasteiger partial charge in [0.1, 0.15) is 0 Å². The number of aromatic nitrogens is 3. The Bertz CT molecular complexity index is 1780. The van der Waals surface area contributed by atoms with Crippen LogP contribution in [-0.2, 0) is 10.0 Å². The molecule has 38 heavy (non-hydrogen) atoms. The van der Waals surface area contributed by atoms with Crippen LogP contribution in [0.25, 0.3) is 16.9 Å². The summed E-state index contributed by atoms with van der Waals surface area (Å²) in [5, 5.41) is 7.01. The van der Waals surface area contributed by atoms with Crippen LogP contribution in [0.1, 0.15) is 23.7 Å². The summed E-state index contributed by atoms with van der Waals surface area (Å²) in [4.78, 5) is 18.2. The zero-order valence-electron chi connectivity index (χ0n) is 21.0. The van der Waals surface area contributed by atoms with Crippen LogP contribution in [0.2, 0.25) is 0 Å². The molecule has 192 valence electrons. The first kappa shape index (κ1) is 25.0. The summed E-state index contributed by atoms with van der Waals surface area (Å²) in [7, 11) is -3.89. The molecule has 0 aliphatic heterocycles. The Labute approximate surface area is 219 Å². The largest absolute Gasteiger partial charge is 0.337 e. The van der Waals surface area contributed by atoms with Crippen LogP contribution in [0.3, 0.4) is 0 Å². The molecule has 0 radical (unpaired) electrons. The van der Waals surface area contributed by atoms with E-state index in [1.165, 1.54) is 16.8 Å². The fourth-order valence-corrected chi connectivity index (χ4v) is 5.03. The van der Waals surface area contributed by atoms with Crippen molar-refractivity contribution < 1.29 is 12.9 Å². The molecule has 0 bridgehead atoms. The summed E-state index contributed by atoms with van der Waals surface area (Å²) in [6.07, 6.45) is 0. The topological polar surface area (TPSA) is 122 Å². The molecule has 0 amide bonds. The van der Waals surface area contributed by atoms with Crippen molar-refractivity contribution in [2.45, 2.75) is 25.7 Å². The van der Waals surface area contributed by atoms with Crippen molar-refractivity contribution in [3.05, 3.63) is 112 Å². The lowest BCUT2D eigenvalue weighted by molar-refractivity contribution is 0.430. The van der Waals surface area contributed by atoms with E-state index in [1.54, 1.807) is 32.9 Å². The number of para-hydroxylation sites is 1. The van der Waals surface area contributed by atoms with E-state index in [0.29, 0.717) is 39.6 Å². The zero-order valence-corrected chi connectivity index (χ0v) is 21.8. The van der Waals surface area contributed by atoms with Gasteiger partial charge in [-0.25, -0.2) is 17.8 Å². The van der Waals surface area contributed by atoms with E-state index in [0.717, 1.165) is 5.56 Å². The first-order valence-electron chi connectivity index (χ1n) is 11.8. The highest BCUT2D eigenvalue weighted by Gasteiger charge is 2.21. The molecule has 5 aromatic rings. The van der Waals surface area contributed by atoms with Crippen LogP contribution in [0.4, 0.5) is 11.6 Å². The van der Waals surface area contributed by atoms with Gasteiger partial charge in [-0.1, -0.05) is 53.7 Å². The molecule has 9 nitrogen and oxygen atoms in total. The van der Waals surface area contributed by atoms with Crippen LogP contribution in [0, 0.1) is 13.8 Å². The normalized spacial score (nSPS) is 12.0. The quantitative estimate of drug-likeness (QED) is 0.275. The third-order valence-corrected chi connectivity index (χ3v) is 7.50. The number of hydrogen-bond donors (Lipinski definition) is 2. The monoisotopic (exact) mass is 527 g/mol. The van der Waals surface area contributed by atoms with Gasteiger partial charge >= 0.3 is 0 Å². The molecule has 10 heteroatoms.